The van der Waals surface area contributed by atoms with Crippen molar-refractivity contribution in [3.05, 3.63) is 89.1 Å². The van der Waals surface area contributed by atoms with Crippen molar-refractivity contribution in [2.45, 2.75) is 45.3 Å². The van der Waals surface area contributed by atoms with Crippen LogP contribution in [0.3, 0.4) is 0 Å². The van der Waals surface area contributed by atoms with E-state index in [9.17, 15) is 9.59 Å². The Morgan fingerprint density at radius 1 is 1.09 bits per heavy atom. The summed E-state index contributed by atoms with van der Waals surface area (Å²) in [5.41, 5.74) is 4.92. The number of aromatic nitrogens is 4. The van der Waals surface area contributed by atoms with Crippen LogP contribution in [0.4, 0.5) is 0 Å². The van der Waals surface area contributed by atoms with Crippen molar-refractivity contribution >= 4 is 17.6 Å². The normalized spacial score (nSPS) is 13.2. The van der Waals surface area contributed by atoms with Gasteiger partial charge in [-0.15, -0.1) is 0 Å². The second-order valence-corrected chi connectivity index (χ2v) is 8.51. The zero-order valence-electron chi connectivity index (χ0n) is 19.0. The van der Waals surface area contributed by atoms with Crippen molar-refractivity contribution in [3.63, 3.8) is 0 Å². The number of fused-ring (bicyclic) bond motifs is 1. The molecule has 0 N–H and O–H groups in total. The minimum Gasteiger partial charge on any atom is -0.466 e. The Morgan fingerprint density at radius 2 is 1.91 bits per heavy atom. The standard InChI is InChI=1S/C26H26N4O4/c1-2-33-24(31)11-20-10-21(19-8-9-19)13-29-15-23(28-25(20)29)16-30-14-22(12-27-30)26(32)34-17-18-6-4-3-5-7-18/h3-7,10,12-15,19H,2,8-9,11,16-17H2,1H3. The Labute approximate surface area is 197 Å². The van der Waals surface area contributed by atoms with E-state index in [4.69, 9.17) is 14.5 Å². The van der Waals surface area contributed by atoms with Gasteiger partial charge in [0.2, 0.25) is 0 Å². The van der Waals surface area contributed by atoms with Crippen LogP contribution in [0.25, 0.3) is 5.65 Å². The highest BCUT2D eigenvalue weighted by Crippen LogP contribution is 2.40. The summed E-state index contributed by atoms with van der Waals surface area (Å²) in [5.74, 6) is -0.129. The minimum absolute atomic E-state index is 0.188. The van der Waals surface area contributed by atoms with E-state index in [1.807, 2.05) is 40.9 Å². The van der Waals surface area contributed by atoms with Gasteiger partial charge in [-0.25, -0.2) is 9.78 Å². The Hall–Kier alpha value is -3.94. The van der Waals surface area contributed by atoms with E-state index in [-0.39, 0.29) is 19.0 Å². The number of benzene rings is 1. The fraction of sp³-hybridized carbons (Fsp3) is 0.308. The highest BCUT2D eigenvalue weighted by molar-refractivity contribution is 5.88. The summed E-state index contributed by atoms with van der Waals surface area (Å²) in [6, 6.07) is 11.6. The van der Waals surface area contributed by atoms with Crippen LogP contribution in [0.5, 0.6) is 0 Å². The highest BCUT2D eigenvalue weighted by Gasteiger charge is 2.25. The zero-order valence-corrected chi connectivity index (χ0v) is 19.0. The molecule has 0 amide bonds. The maximum atomic E-state index is 12.4. The van der Waals surface area contributed by atoms with Gasteiger partial charge >= 0.3 is 11.9 Å². The van der Waals surface area contributed by atoms with E-state index in [1.165, 1.54) is 24.6 Å². The van der Waals surface area contributed by atoms with Crippen LogP contribution in [0.1, 0.15) is 58.4 Å². The molecule has 1 saturated carbocycles. The van der Waals surface area contributed by atoms with E-state index >= 15 is 0 Å². The molecule has 0 aliphatic heterocycles. The van der Waals surface area contributed by atoms with Gasteiger partial charge in [0.25, 0.3) is 0 Å². The number of carbonyl (C=O) groups excluding carboxylic acids is 2. The first-order valence-corrected chi connectivity index (χ1v) is 11.5. The summed E-state index contributed by atoms with van der Waals surface area (Å²) in [6.45, 7) is 2.76. The van der Waals surface area contributed by atoms with Crippen molar-refractivity contribution in [2.75, 3.05) is 6.61 Å². The first-order valence-electron chi connectivity index (χ1n) is 11.5. The number of nitrogens with zero attached hydrogens (tertiary/aromatic N) is 4. The molecule has 0 saturated heterocycles. The lowest BCUT2D eigenvalue weighted by atomic mass is 10.1. The second-order valence-electron chi connectivity index (χ2n) is 8.51. The molecule has 1 aromatic carbocycles. The zero-order chi connectivity index (χ0) is 23.5. The average molecular weight is 459 g/mol. The Balaban J connectivity index is 1.31. The number of hydrogen-bond donors (Lipinski definition) is 0. The van der Waals surface area contributed by atoms with Crippen molar-refractivity contribution in [1.82, 2.24) is 19.2 Å². The third-order valence-electron chi connectivity index (χ3n) is 5.79. The molecule has 1 aliphatic rings. The summed E-state index contributed by atoms with van der Waals surface area (Å²) in [6.07, 6.45) is 9.73. The van der Waals surface area contributed by atoms with Gasteiger partial charge in [-0.2, -0.15) is 5.10 Å². The van der Waals surface area contributed by atoms with Crippen LogP contribution in [-0.4, -0.2) is 37.7 Å². The molecular formula is C26H26N4O4. The smallest absolute Gasteiger partial charge is 0.341 e. The van der Waals surface area contributed by atoms with Gasteiger partial charge in [0.15, 0.2) is 0 Å². The fourth-order valence-electron chi connectivity index (χ4n) is 3.99. The summed E-state index contributed by atoms with van der Waals surface area (Å²) in [7, 11) is 0. The highest BCUT2D eigenvalue weighted by atomic mass is 16.5. The van der Waals surface area contributed by atoms with E-state index in [2.05, 4.69) is 17.4 Å². The largest absolute Gasteiger partial charge is 0.466 e. The molecule has 5 rings (SSSR count). The monoisotopic (exact) mass is 458 g/mol. The Morgan fingerprint density at radius 3 is 2.68 bits per heavy atom. The van der Waals surface area contributed by atoms with Crippen molar-refractivity contribution in [1.29, 1.82) is 0 Å². The minimum atomic E-state index is -0.420. The van der Waals surface area contributed by atoms with Gasteiger partial charge in [-0.3, -0.25) is 9.48 Å². The van der Waals surface area contributed by atoms with Crippen LogP contribution in [0, 0.1) is 0 Å². The second kappa shape index (κ2) is 9.51. The van der Waals surface area contributed by atoms with Crippen molar-refractivity contribution < 1.29 is 19.1 Å². The lowest BCUT2D eigenvalue weighted by Crippen LogP contribution is -2.09. The van der Waals surface area contributed by atoms with Crippen LogP contribution in [0.2, 0.25) is 0 Å². The van der Waals surface area contributed by atoms with E-state index < -0.39 is 5.97 Å². The molecule has 0 unspecified atom stereocenters. The maximum absolute atomic E-state index is 12.4. The number of ether oxygens (including phenoxy) is 2. The molecule has 3 heterocycles. The molecule has 1 aliphatic carbocycles. The van der Waals surface area contributed by atoms with Gasteiger partial charge in [0, 0.05) is 24.2 Å². The predicted octanol–water partition coefficient (Wildman–Crippen LogP) is 3.92. The SMILES string of the molecule is CCOC(=O)Cc1cc(C2CC2)cn2cc(Cn3cc(C(=O)OCc4ccccc4)cn3)nc12. The lowest BCUT2D eigenvalue weighted by Gasteiger charge is -2.07. The third kappa shape index (κ3) is 5.01. The molecule has 3 aromatic heterocycles. The topological polar surface area (TPSA) is 87.7 Å². The fourth-order valence-corrected chi connectivity index (χ4v) is 3.99. The molecule has 34 heavy (non-hydrogen) atoms. The third-order valence-corrected chi connectivity index (χ3v) is 5.79. The quantitative estimate of drug-likeness (QED) is 0.353. The lowest BCUT2D eigenvalue weighted by molar-refractivity contribution is -0.142. The van der Waals surface area contributed by atoms with Crippen molar-refractivity contribution in [2.24, 2.45) is 0 Å². The van der Waals surface area contributed by atoms with Gasteiger partial charge in [0.05, 0.1) is 37.0 Å². The van der Waals surface area contributed by atoms with E-state index in [0.29, 0.717) is 24.6 Å². The number of rotatable bonds is 9. The summed E-state index contributed by atoms with van der Waals surface area (Å²) in [5, 5.41) is 4.30. The molecule has 8 heteroatoms. The van der Waals surface area contributed by atoms with Crippen molar-refractivity contribution in [3.8, 4) is 0 Å². The molecule has 0 spiro atoms. The maximum Gasteiger partial charge on any atom is 0.341 e. The predicted molar refractivity (Wildman–Crippen MR) is 124 cm³/mol. The van der Waals surface area contributed by atoms with E-state index in [0.717, 1.165) is 22.5 Å². The number of carbonyl (C=O) groups is 2. The molecular weight excluding hydrogens is 432 g/mol. The van der Waals surface area contributed by atoms with Crippen LogP contribution < -0.4 is 0 Å². The summed E-state index contributed by atoms with van der Waals surface area (Å²) >= 11 is 0. The molecule has 1 fully saturated rings. The molecule has 0 atom stereocenters. The van der Waals surface area contributed by atoms with Gasteiger partial charge in [-0.05, 0) is 42.9 Å². The van der Waals surface area contributed by atoms with Crippen LogP contribution in [-0.2, 0) is 33.8 Å². The van der Waals surface area contributed by atoms with E-state index in [1.54, 1.807) is 17.8 Å². The molecule has 4 aromatic rings. The summed E-state index contributed by atoms with van der Waals surface area (Å²) < 4.78 is 14.2. The summed E-state index contributed by atoms with van der Waals surface area (Å²) in [4.78, 5) is 29.3. The van der Waals surface area contributed by atoms with Crippen LogP contribution >= 0.6 is 0 Å². The molecule has 0 bridgehead atoms. The van der Waals surface area contributed by atoms with Gasteiger partial charge < -0.3 is 13.9 Å². The van der Waals surface area contributed by atoms with Crippen LogP contribution in [0.15, 0.2) is 61.2 Å². The number of hydrogen-bond acceptors (Lipinski definition) is 6. The molecule has 8 nitrogen and oxygen atoms in total. The number of esters is 2. The first-order chi connectivity index (χ1) is 16.6. The average Bonchev–Trinajstić information content (AvgIpc) is 3.45. The Kier molecular flexibility index (Phi) is 6.12. The Bertz CT molecular complexity index is 1320. The number of pyridine rings is 1. The van der Waals surface area contributed by atoms with Gasteiger partial charge in [-0.1, -0.05) is 30.3 Å². The molecule has 0 radical (unpaired) electrons. The number of imidazole rings is 1. The molecule has 174 valence electrons. The first kappa shape index (κ1) is 21.9. The van der Waals surface area contributed by atoms with Gasteiger partial charge in [0.1, 0.15) is 12.3 Å².